The van der Waals surface area contributed by atoms with Gasteiger partial charge in [-0.2, -0.15) is 0 Å². The molecule has 0 aliphatic heterocycles. The van der Waals surface area contributed by atoms with Gasteiger partial charge in [0.1, 0.15) is 0 Å². The predicted octanol–water partition coefficient (Wildman–Crippen LogP) is 0.836. The van der Waals surface area contributed by atoms with Crippen molar-refractivity contribution in [1.82, 2.24) is 0 Å². The summed E-state index contributed by atoms with van der Waals surface area (Å²) >= 11 is 0. The molecule has 11 heavy (non-hydrogen) atoms. The largest absolute Gasteiger partial charge is 0.591 e. The van der Waals surface area contributed by atoms with Gasteiger partial charge in [0.25, 0.3) is 0 Å². The van der Waals surface area contributed by atoms with Gasteiger partial charge in [0.15, 0.2) is 0 Å². The molecule has 0 radical (unpaired) electrons. The van der Waals surface area contributed by atoms with Crippen LogP contribution in [0.1, 0.15) is 20.8 Å². The third kappa shape index (κ3) is 3.25. The summed E-state index contributed by atoms with van der Waals surface area (Å²) in [5.74, 6) is 0. The fraction of sp³-hybridized carbons (Fsp3) is 1.00. The van der Waals surface area contributed by atoms with Crippen LogP contribution in [0.25, 0.3) is 0 Å². The van der Waals surface area contributed by atoms with Gasteiger partial charge in [-0.05, 0) is 13.8 Å². The van der Waals surface area contributed by atoms with Gasteiger partial charge in [0, 0.05) is 6.92 Å². The van der Waals surface area contributed by atoms with E-state index in [9.17, 15) is 9.46 Å². The lowest BCUT2D eigenvalue weighted by molar-refractivity contribution is -0.229. The van der Waals surface area contributed by atoms with Crippen LogP contribution in [0.5, 0.6) is 0 Å². The summed E-state index contributed by atoms with van der Waals surface area (Å²) in [6.45, 7) is 5.47. The molecular weight excluding hydrogens is 167 g/mol. The van der Waals surface area contributed by atoms with E-state index in [0.29, 0.717) is 13.2 Å². The average molecular weight is 180 g/mol. The van der Waals surface area contributed by atoms with Crippen LogP contribution in [0.3, 0.4) is 0 Å². The van der Waals surface area contributed by atoms with Gasteiger partial charge in [0.2, 0.25) is 0 Å². The van der Waals surface area contributed by atoms with Crippen molar-refractivity contribution in [2.75, 3.05) is 13.2 Å². The lowest BCUT2D eigenvalue weighted by Crippen LogP contribution is -2.31. The molecular formula is C6H13O4P. The minimum absolute atomic E-state index is 0.319. The SMILES string of the molecule is CCOC(C)(OCC)[P+](=O)[O-]. The molecule has 0 spiro atoms. The molecule has 0 saturated heterocycles. The van der Waals surface area contributed by atoms with Crippen molar-refractivity contribution in [3.8, 4) is 0 Å². The van der Waals surface area contributed by atoms with Crippen LogP contribution in [-0.4, -0.2) is 18.7 Å². The topological polar surface area (TPSA) is 58.6 Å². The molecule has 0 saturated carbocycles. The zero-order valence-electron chi connectivity index (χ0n) is 6.99. The Labute approximate surface area is 67.4 Å². The molecule has 0 aliphatic rings. The molecule has 5 heteroatoms. The van der Waals surface area contributed by atoms with Gasteiger partial charge in [-0.3, -0.25) is 0 Å². The van der Waals surface area contributed by atoms with Crippen molar-refractivity contribution in [3.63, 3.8) is 0 Å². The summed E-state index contributed by atoms with van der Waals surface area (Å²) in [7, 11) is -2.70. The van der Waals surface area contributed by atoms with Gasteiger partial charge in [-0.25, -0.2) is 0 Å². The molecule has 0 aromatic heterocycles. The lowest BCUT2D eigenvalue weighted by atomic mass is 10.7. The first-order valence-corrected chi connectivity index (χ1v) is 4.67. The van der Waals surface area contributed by atoms with Gasteiger partial charge in [0.05, 0.1) is 13.2 Å². The van der Waals surface area contributed by atoms with Crippen molar-refractivity contribution in [2.45, 2.75) is 26.3 Å². The predicted molar refractivity (Wildman–Crippen MR) is 39.3 cm³/mol. The van der Waals surface area contributed by atoms with Crippen LogP contribution in [0.4, 0.5) is 0 Å². The Balaban J connectivity index is 4.13. The van der Waals surface area contributed by atoms with Gasteiger partial charge >= 0.3 is 13.6 Å². The Kier molecular flexibility index (Phi) is 4.77. The maximum atomic E-state index is 10.6. The molecule has 0 N–H and O–H groups in total. The second-order valence-corrected chi connectivity index (χ2v) is 3.35. The molecule has 0 bridgehead atoms. The van der Waals surface area contributed by atoms with Gasteiger partial charge in [-0.15, -0.1) is 0 Å². The van der Waals surface area contributed by atoms with Crippen LogP contribution >= 0.6 is 8.03 Å². The highest BCUT2D eigenvalue weighted by Crippen LogP contribution is 2.33. The minimum Gasteiger partial charge on any atom is -0.591 e. The summed E-state index contributed by atoms with van der Waals surface area (Å²) < 4.78 is 20.4. The van der Waals surface area contributed by atoms with E-state index >= 15 is 0 Å². The van der Waals surface area contributed by atoms with E-state index in [1.165, 1.54) is 6.92 Å². The number of hydrogen-bond acceptors (Lipinski definition) is 4. The van der Waals surface area contributed by atoms with E-state index in [1.54, 1.807) is 13.8 Å². The van der Waals surface area contributed by atoms with Crippen molar-refractivity contribution < 1.29 is 18.9 Å². The standard InChI is InChI=1S/C6H13O4P/c1-4-9-6(3,10-5-2)11(7)8/h4-5H2,1-3H3. The first kappa shape index (κ1) is 11.0. The maximum Gasteiger partial charge on any atom is 0.376 e. The van der Waals surface area contributed by atoms with Crippen LogP contribution in [0.15, 0.2) is 0 Å². The first-order valence-electron chi connectivity index (χ1n) is 3.49. The summed E-state index contributed by atoms with van der Waals surface area (Å²) in [6.07, 6.45) is 0. The molecule has 0 heterocycles. The van der Waals surface area contributed by atoms with E-state index in [0.717, 1.165) is 0 Å². The molecule has 1 atom stereocenters. The second kappa shape index (κ2) is 4.78. The molecule has 0 rings (SSSR count). The first-order chi connectivity index (χ1) is 5.06. The van der Waals surface area contributed by atoms with Crippen LogP contribution < -0.4 is 4.89 Å². The Morgan fingerprint density at radius 2 is 1.73 bits per heavy atom. The number of rotatable bonds is 5. The monoisotopic (exact) mass is 180 g/mol. The quantitative estimate of drug-likeness (QED) is 0.464. The molecule has 66 valence electrons. The van der Waals surface area contributed by atoms with E-state index in [2.05, 4.69) is 0 Å². The van der Waals surface area contributed by atoms with E-state index < -0.39 is 13.6 Å². The molecule has 0 fully saturated rings. The molecule has 1 unspecified atom stereocenters. The second-order valence-electron chi connectivity index (χ2n) is 2.02. The van der Waals surface area contributed by atoms with E-state index in [-0.39, 0.29) is 0 Å². The Hall–Kier alpha value is -0.0200. The highest BCUT2D eigenvalue weighted by Gasteiger charge is 2.39. The zero-order valence-corrected chi connectivity index (χ0v) is 7.89. The normalized spacial score (nSPS) is 13.3. The third-order valence-corrected chi connectivity index (χ3v) is 2.08. The Bertz CT molecular complexity index is 131. The fourth-order valence-corrected chi connectivity index (χ4v) is 1.15. The lowest BCUT2D eigenvalue weighted by Gasteiger charge is -2.19. The smallest absolute Gasteiger partial charge is 0.376 e. The van der Waals surface area contributed by atoms with Crippen molar-refractivity contribution >= 4 is 8.03 Å². The third-order valence-electron chi connectivity index (χ3n) is 1.16. The van der Waals surface area contributed by atoms with Crippen molar-refractivity contribution in [1.29, 1.82) is 0 Å². The summed E-state index contributed by atoms with van der Waals surface area (Å²) in [4.78, 5) is 10.6. The molecule has 0 aliphatic carbocycles. The van der Waals surface area contributed by atoms with Crippen LogP contribution in [-0.2, 0) is 14.0 Å². The van der Waals surface area contributed by atoms with Crippen LogP contribution in [0.2, 0.25) is 0 Å². The summed E-state index contributed by atoms with van der Waals surface area (Å²) in [6, 6.07) is 0. The van der Waals surface area contributed by atoms with E-state index in [1.807, 2.05) is 0 Å². The van der Waals surface area contributed by atoms with Crippen LogP contribution in [0, 0.1) is 0 Å². The Morgan fingerprint density at radius 3 is 1.91 bits per heavy atom. The number of ether oxygens (including phenoxy) is 2. The molecule has 0 aromatic rings. The van der Waals surface area contributed by atoms with Crippen molar-refractivity contribution in [2.24, 2.45) is 0 Å². The molecule has 0 amide bonds. The summed E-state index contributed by atoms with van der Waals surface area (Å²) in [5, 5.41) is 0. The highest BCUT2D eigenvalue weighted by molar-refractivity contribution is 7.37. The average Bonchev–Trinajstić information content (AvgIpc) is 1.88. The molecule has 0 aromatic carbocycles. The zero-order chi connectivity index (χ0) is 8.91. The number of hydrogen-bond donors (Lipinski definition) is 0. The van der Waals surface area contributed by atoms with E-state index in [4.69, 9.17) is 9.47 Å². The highest BCUT2D eigenvalue weighted by atomic mass is 31.1. The van der Waals surface area contributed by atoms with Gasteiger partial charge < -0.3 is 14.4 Å². The van der Waals surface area contributed by atoms with Gasteiger partial charge in [-0.1, -0.05) is 4.57 Å². The Morgan fingerprint density at radius 1 is 1.36 bits per heavy atom. The maximum absolute atomic E-state index is 10.6. The van der Waals surface area contributed by atoms with Crippen molar-refractivity contribution in [3.05, 3.63) is 0 Å². The summed E-state index contributed by atoms with van der Waals surface area (Å²) in [5.41, 5.74) is -1.45. The molecule has 4 nitrogen and oxygen atoms in total. The fourth-order valence-electron chi connectivity index (χ4n) is 0.683. The minimum atomic E-state index is -2.70.